The lowest BCUT2D eigenvalue weighted by atomic mass is 10.2. The molecule has 2 aromatic carbocycles. The Kier molecular flexibility index (Phi) is 5.51. The number of nitrogens with zero attached hydrogens (tertiary/aromatic N) is 1. The zero-order valence-electron chi connectivity index (χ0n) is 15.3. The van der Waals surface area contributed by atoms with Gasteiger partial charge in [-0.3, -0.25) is 10.1 Å². The molecule has 0 spiro atoms. The highest BCUT2D eigenvalue weighted by Gasteiger charge is 2.13. The van der Waals surface area contributed by atoms with Crippen molar-refractivity contribution in [2.45, 2.75) is 0 Å². The van der Waals surface area contributed by atoms with E-state index >= 15 is 0 Å². The first-order chi connectivity index (χ1) is 14.5. The Hall–Kier alpha value is -3.62. The second kappa shape index (κ2) is 8.40. The molecule has 0 atom stereocenters. The summed E-state index contributed by atoms with van der Waals surface area (Å²) >= 11 is 11.1. The van der Waals surface area contributed by atoms with E-state index in [1.807, 2.05) is 0 Å². The third-order valence-electron chi connectivity index (χ3n) is 4.01. The van der Waals surface area contributed by atoms with Gasteiger partial charge < -0.3 is 19.3 Å². The van der Waals surface area contributed by atoms with Crippen molar-refractivity contribution in [3.63, 3.8) is 0 Å². The molecule has 0 bridgehead atoms. The number of phenols is 1. The van der Waals surface area contributed by atoms with Crippen molar-refractivity contribution in [2.24, 2.45) is 0 Å². The Bertz CT molecular complexity index is 1260. The highest BCUT2D eigenvalue weighted by Crippen LogP contribution is 2.33. The van der Waals surface area contributed by atoms with Crippen LogP contribution in [0, 0.1) is 0 Å². The molecular weight excluding hydrogens is 426 g/mol. The number of furan rings is 1. The van der Waals surface area contributed by atoms with Gasteiger partial charge in [0.1, 0.15) is 17.0 Å². The van der Waals surface area contributed by atoms with E-state index in [4.69, 9.17) is 32.7 Å². The maximum Gasteiger partial charge on any atom is 0.250 e. The Balaban J connectivity index is 1.43. The lowest BCUT2D eigenvalue weighted by molar-refractivity contribution is -0.115. The Morgan fingerprint density at radius 3 is 2.83 bits per heavy atom. The Morgan fingerprint density at radius 2 is 2.07 bits per heavy atom. The van der Waals surface area contributed by atoms with Crippen LogP contribution in [0.2, 0.25) is 5.02 Å². The number of aromatic nitrogens is 1. The molecule has 4 aromatic rings. The van der Waals surface area contributed by atoms with Gasteiger partial charge in [-0.2, -0.15) is 0 Å². The summed E-state index contributed by atoms with van der Waals surface area (Å²) in [4.78, 5) is 16.3. The summed E-state index contributed by atoms with van der Waals surface area (Å²) in [7, 11) is 0. The SMILES string of the molecule is O=C(C=Cc1ccco1)NC(=S)Nc1ccc(-c2nc3cc(Cl)ccc3o2)c(O)c1. The number of benzene rings is 2. The van der Waals surface area contributed by atoms with Crippen molar-refractivity contribution in [2.75, 3.05) is 5.32 Å². The van der Waals surface area contributed by atoms with Crippen LogP contribution in [0.25, 0.3) is 28.6 Å². The van der Waals surface area contributed by atoms with E-state index < -0.39 is 5.91 Å². The minimum atomic E-state index is -0.421. The maximum absolute atomic E-state index is 11.9. The lowest BCUT2D eigenvalue weighted by Crippen LogP contribution is -2.32. The van der Waals surface area contributed by atoms with Crippen molar-refractivity contribution >= 4 is 57.7 Å². The molecule has 0 aliphatic heterocycles. The molecule has 30 heavy (non-hydrogen) atoms. The van der Waals surface area contributed by atoms with Gasteiger partial charge in [0, 0.05) is 22.9 Å². The Morgan fingerprint density at radius 1 is 1.20 bits per heavy atom. The van der Waals surface area contributed by atoms with Crippen molar-refractivity contribution in [1.29, 1.82) is 0 Å². The van der Waals surface area contributed by atoms with E-state index in [1.54, 1.807) is 42.5 Å². The summed E-state index contributed by atoms with van der Waals surface area (Å²) in [6, 6.07) is 13.3. The molecule has 9 heteroatoms. The Labute approximate surface area is 181 Å². The van der Waals surface area contributed by atoms with E-state index in [1.165, 1.54) is 24.5 Å². The lowest BCUT2D eigenvalue weighted by Gasteiger charge is -2.09. The third-order valence-corrected chi connectivity index (χ3v) is 4.45. The predicted molar refractivity (Wildman–Crippen MR) is 118 cm³/mol. The van der Waals surface area contributed by atoms with Gasteiger partial charge >= 0.3 is 0 Å². The number of anilines is 1. The highest BCUT2D eigenvalue weighted by atomic mass is 35.5. The van der Waals surface area contributed by atoms with Crippen molar-refractivity contribution < 1.29 is 18.7 Å². The number of nitrogens with one attached hydrogen (secondary N) is 2. The normalized spacial score (nSPS) is 11.1. The monoisotopic (exact) mass is 439 g/mol. The summed E-state index contributed by atoms with van der Waals surface area (Å²) in [6.07, 6.45) is 4.33. The van der Waals surface area contributed by atoms with Crippen LogP contribution in [0.3, 0.4) is 0 Å². The molecule has 2 aromatic heterocycles. The van der Waals surface area contributed by atoms with Crippen molar-refractivity contribution in [1.82, 2.24) is 10.3 Å². The quantitative estimate of drug-likeness (QED) is 0.304. The van der Waals surface area contributed by atoms with Gasteiger partial charge in [-0.15, -0.1) is 0 Å². The summed E-state index contributed by atoms with van der Waals surface area (Å²) in [5.41, 5.74) is 2.04. The summed E-state index contributed by atoms with van der Waals surface area (Å²) in [5.74, 6) is 0.320. The first-order valence-corrected chi connectivity index (χ1v) is 9.49. The number of thiocarbonyl (C=S) groups is 1. The van der Waals surface area contributed by atoms with E-state index in [-0.39, 0.29) is 16.8 Å². The van der Waals surface area contributed by atoms with Gasteiger partial charge in [0.2, 0.25) is 11.8 Å². The smallest absolute Gasteiger partial charge is 0.250 e. The minimum absolute atomic E-state index is 0.0653. The average Bonchev–Trinajstić information content (AvgIpc) is 3.35. The topological polar surface area (TPSA) is 101 Å². The van der Waals surface area contributed by atoms with Crippen LogP contribution >= 0.6 is 23.8 Å². The zero-order valence-corrected chi connectivity index (χ0v) is 16.8. The number of carbonyl (C=O) groups is 1. The molecule has 4 rings (SSSR count). The van der Waals surface area contributed by atoms with Crippen LogP contribution in [-0.4, -0.2) is 21.1 Å². The number of amides is 1. The molecule has 0 radical (unpaired) electrons. The minimum Gasteiger partial charge on any atom is -0.507 e. The third kappa shape index (κ3) is 4.51. The summed E-state index contributed by atoms with van der Waals surface area (Å²) in [5, 5.41) is 16.4. The summed E-state index contributed by atoms with van der Waals surface area (Å²) in [6.45, 7) is 0. The second-order valence-electron chi connectivity index (χ2n) is 6.16. The first-order valence-electron chi connectivity index (χ1n) is 8.71. The molecule has 0 aliphatic rings. The van der Waals surface area contributed by atoms with Gasteiger partial charge in [0.05, 0.1) is 11.8 Å². The number of rotatable bonds is 4. The van der Waals surface area contributed by atoms with Crippen LogP contribution in [0.15, 0.2) is 69.7 Å². The number of fused-ring (bicyclic) bond motifs is 1. The number of oxazole rings is 1. The van der Waals surface area contributed by atoms with Gasteiger partial charge in [-0.25, -0.2) is 4.98 Å². The second-order valence-corrected chi connectivity index (χ2v) is 7.00. The first kappa shape index (κ1) is 19.7. The molecule has 2 heterocycles. The van der Waals surface area contributed by atoms with Gasteiger partial charge in [0.15, 0.2) is 10.7 Å². The fourth-order valence-corrected chi connectivity index (χ4v) is 3.05. The van der Waals surface area contributed by atoms with Crippen LogP contribution in [0.4, 0.5) is 5.69 Å². The van der Waals surface area contributed by atoms with Crippen molar-refractivity contribution in [3.05, 3.63) is 71.7 Å². The number of hydrogen-bond donors (Lipinski definition) is 3. The predicted octanol–water partition coefficient (Wildman–Crippen LogP) is 4.97. The maximum atomic E-state index is 11.9. The van der Waals surface area contributed by atoms with Crippen LogP contribution < -0.4 is 10.6 Å². The standard InChI is InChI=1S/C21H14ClN3O4S/c22-12-3-7-18-16(10-12)24-20(29-18)15-6-4-13(11-17(15)26)23-21(30)25-19(27)8-5-14-2-1-9-28-14/h1-11,26H,(H2,23,25,27,30). The van der Waals surface area contributed by atoms with E-state index in [2.05, 4.69) is 15.6 Å². The van der Waals surface area contributed by atoms with Gasteiger partial charge in [-0.1, -0.05) is 11.6 Å². The molecule has 0 fully saturated rings. The molecule has 0 unspecified atom stereocenters. The van der Waals surface area contributed by atoms with E-state index in [0.717, 1.165) is 0 Å². The number of phenolic OH excluding ortho intramolecular Hbond substituents is 1. The van der Waals surface area contributed by atoms with E-state index in [0.29, 0.717) is 33.1 Å². The summed E-state index contributed by atoms with van der Waals surface area (Å²) < 4.78 is 10.8. The number of halogens is 1. The fraction of sp³-hybridized carbons (Fsp3) is 0. The van der Waals surface area contributed by atoms with Crippen LogP contribution in [0.5, 0.6) is 5.75 Å². The average molecular weight is 440 g/mol. The molecule has 1 amide bonds. The van der Waals surface area contributed by atoms with Crippen LogP contribution in [-0.2, 0) is 4.79 Å². The molecule has 150 valence electrons. The van der Waals surface area contributed by atoms with Crippen molar-refractivity contribution in [3.8, 4) is 17.2 Å². The zero-order chi connectivity index (χ0) is 21.1. The molecular formula is C21H14ClN3O4S. The molecule has 3 N–H and O–H groups in total. The molecule has 0 aliphatic carbocycles. The van der Waals surface area contributed by atoms with Gasteiger partial charge in [-0.05, 0) is 60.8 Å². The molecule has 0 saturated heterocycles. The largest absolute Gasteiger partial charge is 0.507 e. The van der Waals surface area contributed by atoms with Gasteiger partial charge in [0.25, 0.3) is 0 Å². The number of hydrogen-bond acceptors (Lipinski definition) is 6. The molecule has 0 saturated carbocycles. The fourth-order valence-electron chi connectivity index (χ4n) is 2.67. The number of carbonyl (C=O) groups excluding carboxylic acids is 1. The van der Waals surface area contributed by atoms with Crippen LogP contribution in [0.1, 0.15) is 5.76 Å². The highest BCUT2D eigenvalue weighted by molar-refractivity contribution is 7.80. The number of aromatic hydroxyl groups is 1. The molecule has 7 nitrogen and oxygen atoms in total. The van der Waals surface area contributed by atoms with E-state index in [9.17, 15) is 9.90 Å².